The van der Waals surface area contributed by atoms with Crippen molar-refractivity contribution in [1.29, 1.82) is 0 Å². The molecule has 0 amide bonds. The van der Waals surface area contributed by atoms with Crippen LogP contribution in [0.2, 0.25) is 0 Å². The summed E-state index contributed by atoms with van der Waals surface area (Å²) in [5.41, 5.74) is 0.407. The van der Waals surface area contributed by atoms with Crippen LogP contribution in [-0.4, -0.2) is 76.5 Å². The summed E-state index contributed by atoms with van der Waals surface area (Å²) < 4.78 is 31.2. The van der Waals surface area contributed by atoms with Gasteiger partial charge in [-0.05, 0) is 48.0 Å². The van der Waals surface area contributed by atoms with Crippen LogP contribution < -0.4 is 18.9 Å². The molecule has 1 aliphatic heterocycles. The molecule has 0 unspecified atom stereocenters. The molecule has 40 heavy (non-hydrogen) atoms. The van der Waals surface area contributed by atoms with Gasteiger partial charge in [-0.15, -0.1) is 0 Å². The van der Waals surface area contributed by atoms with E-state index in [4.69, 9.17) is 28.4 Å². The predicted molar refractivity (Wildman–Crippen MR) is 134 cm³/mol. The molecule has 2 aromatic rings. The molecule has 13 nitrogen and oxygen atoms in total. The molecular weight excluding hydrogens is 532 g/mol. The zero-order valence-electron chi connectivity index (χ0n) is 21.7. The Morgan fingerprint density at radius 1 is 0.775 bits per heavy atom. The lowest BCUT2D eigenvalue weighted by Crippen LogP contribution is -2.60. The van der Waals surface area contributed by atoms with Crippen LogP contribution in [0.15, 0.2) is 48.5 Å². The van der Waals surface area contributed by atoms with E-state index in [0.717, 1.165) is 6.08 Å². The molecule has 5 atom stereocenters. The largest absolute Gasteiger partial charge is 0.462 e. The van der Waals surface area contributed by atoms with Crippen LogP contribution in [0.3, 0.4) is 0 Å². The molecule has 0 aromatic heterocycles. The Hall–Kier alpha value is -4.30. The van der Waals surface area contributed by atoms with Gasteiger partial charge in [0.2, 0.25) is 6.29 Å². The number of carbonyl (C=O) groups is 4. The Balaban J connectivity index is 1.61. The van der Waals surface area contributed by atoms with Crippen molar-refractivity contribution >= 4 is 30.0 Å². The zero-order valence-corrected chi connectivity index (χ0v) is 21.7. The summed E-state index contributed by atoms with van der Waals surface area (Å²) in [6.45, 7) is 3.11. The van der Waals surface area contributed by atoms with Crippen LogP contribution in [0, 0.1) is 0 Å². The second-order valence-electron chi connectivity index (χ2n) is 8.55. The van der Waals surface area contributed by atoms with Gasteiger partial charge in [-0.1, -0.05) is 6.07 Å². The fourth-order valence-corrected chi connectivity index (χ4v) is 3.52. The van der Waals surface area contributed by atoms with E-state index in [1.807, 2.05) is 0 Å². The Bertz CT molecular complexity index is 1250. The van der Waals surface area contributed by atoms with E-state index in [1.54, 1.807) is 0 Å². The summed E-state index contributed by atoms with van der Waals surface area (Å²) in [6.07, 6.45) is -5.18. The van der Waals surface area contributed by atoms with Crippen molar-refractivity contribution in [3.05, 3.63) is 54.1 Å². The van der Waals surface area contributed by atoms with Gasteiger partial charge in [0.15, 0.2) is 11.5 Å². The standard InChI is InChI=1S/C27H28O13/c1-14(28)36-18-6-8-19(9-7-18)39-27-26(34)25(33)24(32)22(40-27)13-35-23(31)11-5-17-4-10-20(37-15(2)29)21(12-17)38-16(3)30/h4-12,22,24-27,32-34H,13H2,1-3H3/b11-5+/t22-,24-,25+,26-,27-/m1/s1. The molecule has 1 saturated heterocycles. The number of benzene rings is 2. The van der Waals surface area contributed by atoms with Crippen LogP contribution in [0.5, 0.6) is 23.0 Å². The fourth-order valence-electron chi connectivity index (χ4n) is 3.52. The lowest BCUT2D eigenvalue weighted by molar-refractivity contribution is -0.278. The number of esters is 4. The molecule has 0 radical (unpaired) electrons. The van der Waals surface area contributed by atoms with Crippen LogP contribution >= 0.6 is 0 Å². The number of hydrogen-bond acceptors (Lipinski definition) is 13. The molecule has 1 fully saturated rings. The van der Waals surface area contributed by atoms with Gasteiger partial charge in [0.25, 0.3) is 0 Å². The van der Waals surface area contributed by atoms with Crippen LogP contribution in [0.4, 0.5) is 0 Å². The smallest absolute Gasteiger partial charge is 0.330 e. The molecule has 214 valence electrons. The molecule has 3 rings (SSSR count). The Kier molecular flexibility index (Phi) is 10.3. The van der Waals surface area contributed by atoms with E-state index in [-0.39, 0.29) is 23.0 Å². The molecule has 0 spiro atoms. The average Bonchev–Trinajstić information content (AvgIpc) is 2.88. The third-order valence-electron chi connectivity index (χ3n) is 5.28. The third kappa shape index (κ3) is 8.61. The molecule has 2 aromatic carbocycles. The number of carbonyl (C=O) groups excluding carboxylic acids is 4. The highest BCUT2D eigenvalue weighted by atomic mass is 16.7. The van der Waals surface area contributed by atoms with Crippen molar-refractivity contribution in [2.45, 2.75) is 51.5 Å². The van der Waals surface area contributed by atoms with Crippen LogP contribution in [0.25, 0.3) is 6.08 Å². The van der Waals surface area contributed by atoms with Gasteiger partial charge in [0.05, 0.1) is 0 Å². The molecule has 13 heteroatoms. The third-order valence-corrected chi connectivity index (χ3v) is 5.28. The van der Waals surface area contributed by atoms with Gasteiger partial charge in [-0.25, -0.2) is 4.79 Å². The normalized spacial score (nSPS) is 22.3. The fraction of sp³-hybridized carbons (Fsp3) is 0.333. The maximum absolute atomic E-state index is 12.3. The summed E-state index contributed by atoms with van der Waals surface area (Å²) in [6, 6.07) is 10.0. The summed E-state index contributed by atoms with van der Waals surface area (Å²) in [7, 11) is 0. The molecule has 0 saturated carbocycles. The summed E-state index contributed by atoms with van der Waals surface area (Å²) in [4.78, 5) is 45.9. The number of ether oxygens (including phenoxy) is 6. The minimum Gasteiger partial charge on any atom is -0.462 e. The first-order valence-corrected chi connectivity index (χ1v) is 11.9. The Morgan fingerprint density at radius 2 is 1.38 bits per heavy atom. The second kappa shape index (κ2) is 13.7. The predicted octanol–water partition coefficient (Wildman–Crippen LogP) is 0.905. The number of rotatable bonds is 9. The van der Waals surface area contributed by atoms with Crippen molar-refractivity contribution in [1.82, 2.24) is 0 Å². The topological polar surface area (TPSA) is 184 Å². The maximum atomic E-state index is 12.3. The monoisotopic (exact) mass is 560 g/mol. The SMILES string of the molecule is CC(=O)Oc1ccc(O[C@@H]2O[C@H](COC(=O)/C=C/c3ccc(OC(C)=O)c(OC(C)=O)c3)[C@@H](O)[C@H](O)[C@H]2O)cc1. The van der Waals surface area contributed by atoms with Gasteiger partial charge < -0.3 is 43.7 Å². The molecule has 0 aliphatic carbocycles. The van der Waals surface area contributed by atoms with E-state index < -0.39 is 61.2 Å². The van der Waals surface area contributed by atoms with Crippen LogP contribution in [0.1, 0.15) is 26.3 Å². The van der Waals surface area contributed by atoms with E-state index in [1.165, 1.54) is 69.3 Å². The maximum Gasteiger partial charge on any atom is 0.330 e. The summed E-state index contributed by atoms with van der Waals surface area (Å²) in [5, 5.41) is 30.8. The highest BCUT2D eigenvalue weighted by Crippen LogP contribution is 2.30. The van der Waals surface area contributed by atoms with E-state index >= 15 is 0 Å². The number of aliphatic hydroxyl groups excluding tert-OH is 3. The van der Waals surface area contributed by atoms with Crippen molar-refractivity contribution in [3.63, 3.8) is 0 Å². The number of hydrogen-bond donors (Lipinski definition) is 3. The van der Waals surface area contributed by atoms with Crippen molar-refractivity contribution in [2.24, 2.45) is 0 Å². The second-order valence-corrected chi connectivity index (χ2v) is 8.55. The van der Waals surface area contributed by atoms with Gasteiger partial charge in [-0.3, -0.25) is 14.4 Å². The quantitative estimate of drug-likeness (QED) is 0.223. The summed E-state index contributed by atoms with van der Waals surface area (Å²) >= 11 is 0. The van der Waals surface area contributed by atoms with E-state index in [2.05, 4.69) is 0 Å². The highest BCUT2D eigenvalue weighted by molar-refractivity contribution is 5.87. The number of aliphatic hydroxyl groups is 3. The van der Waals surface area contributed by atoms with Gasteiger partial charge in [0, 0.05) is 26.8 Å². The molecular formula is C27H28O13. The van der Waals surface area contributed by atoms with Gasteiger partial charge in [0.1, 0.15) is 42.5 Å². The van der Waals surface area contributed by atoms with E-state index in [9.17, 15) is 34.5 Å². The lowest BCUT2D eigenvalue weighted by atomic mass is 9.99. The molecule has 3 N–H and O–H groups in total. The Labute approximate surface area is 228 Å². The molecule has 1 aliphatic rings. The van der Waals surface area contributed by atoms with Crippen LogP contribution in [-0.2, 0) is 28.7 Å². The van der Waals surface area contributed by atoms with E-state index in [0.29, 0.717) is 5.56 Å². The molecule has 1 heterocycles. The van der Waals surface area contributed by atoms with Crippen molar-refractivity contribution in [3.8, 4) is 23.0 Å². The lowest BCUT2D eigenvalue weighted by Gasteiger charge is -2.39. The first-order valence-electron chi connectivity index (χ1n) is 11.9. The minimum absolute atomic E-state index is 0.0173. The Morgan fingerprint density at radius 3 is 2.00 bits per heavy atom. The minimum atomic E-state index is -1.67. The summed E-state index contributed by atoms with van der Waals surface area (Å²) in [5.74, 6) is -2.15. The van der Waals surface area contributed by atoms with Gasteiger partial charge >= 0.3 is 23.9 Å². The van der Waals surface area contributed by atoms with Gasteiger partial charge in [-0.2, -0.15) is 0 Å². The molecule has 0 bridgehead atoms. The van der Waals surface area contributed by atoms with Crippen molar-refractivity contribution < 1.29 is 62.9 Å². The average molecular weight is 561 g/mol. The highest BCUT2D eigenvalue weighted by Gasteiger charge is 2.45. The zero-order chi connectivity index (χ0) is 29.4. The van der Waals surface area contributed by atoms with Crippen molar-refractivity contribution in [2.75, 3.05) is 6.61 Å². The first-order chi connectivity index (χ1) is 18.9. The first kappa shape index (κ1) is 30.2.